The maximum absolute atomic E-state index is 12.9. The number of allylic oxidation sites excluding steroid dienone is 1. The van der Waals surface area contributed by atoms with Crippen LogP contribution in [-0.4, -0.2) is 36.1 Å². The van der Waals surface area contributed by atoms with Crippen molar-refractivity contribution in [3.05, 3.63) is 125 Å². The monoisotopic (exact) mass is 541 g/mol. The summed E-state index contributed by atoms with van der Waals surface area (Å²) >= 11 is -1.60. The van der Waals surface area contributed by atoms with Gasteiger partial charge in [-0.2, -0.15) is 0 Å². The second kappa shape index (κ2) is 10.6. The minimum atomic E-state index is -1.60. The van der Waals surface area contributed by atoms with E-state index < -0.39 is 13.9 Å². The Morgan fingerprint density at radius 1 is 0.944 bits per heavy atom. The number of H-pyrrole nitrogens is 1. The van der Waals surface area contributed by atoms with E-state index in [1.807, 2.05) is 84.9 Å². The van der Waals surface area contributed by atoms with E-state index in [4.69, 9.17) is 4.74 Å². The number of nitrogens with one attached hydrogen (secondary N) is 1. The molecule has 0 aliphatic carbocycles. The average molecular weight is 541 g/mol. The third-order valence-electron chi connectivity index (χ3n) is 5.85. The molecule has 0 bridgehead atoms. The van der Waals surface area contributed by atoms with E-state index in [0.29, 0.717) is 28.2 Å². The number of aromatic hydroxyl groups is 1. The summed E-state index contributed by atoms with van der Waals surface area (Å²) in [6, 6.07) is 33.0. The second-order valence-corrected chi connectivity index (χ2v) is 12.4. The number of aromatic nitrogens is 2. The number of aromatic amines is 1. The Morgan fingerprint density at radius 3 is 2.36 bits per heavy atom. The molecule has 6 heteroatoms. The molecule has 1 aromatic heterocycles. The number of ether oxygens (including phenoxy) is 1. The van der Waals surface area contributed by atoms with E-state index in [9.17, 15) is 9.90 Å². The van der Waals surface area contributed by atoms with Crippen LogP contribution in [0.3, 0.4) is 0 Å². The van der Waals surface area contributed by atoms with Crippen molar-refractivity contribution >= 4 is 39.5 Å². The molecule has 0 amide bonds. The number of rotatable bonds is 7. The molecular weight excluding hydrogens is 515 g/mol. The van der Waals surface area contributed by atoms with Crippen molar-refractivity contribution < 1.29 is 9.84 Å². The Morgan fingerprint density at radius 2 is 1.64 bits per heavy atom. The third-order valence-corrected chi connectivity index (χ3v) is 10.5. The molecule has 5 aromatic rings. The van der Waals surface area contributed by atoms with Crippen LogP contribution in [0.5, 0.6) is 5.75 Å². The van der Waals surface area contributed by atoms with Crippen molar-refractivity contribution in [1.82, 2.24) is 9.97 Å². The Bertz CT molecular complexity index is 1580. The van der Waals surface area contributed by atoms with Gasteiger partial charge in [0.05, 0.1) is 0 Å². The first-order valence-electron chi connectivity index (χ1n) is 11.5. The van der Waals surface area contributed by atoms with Crippen molar-refractivity contribution in [3.63, 3.8) is 0 Å². The van der Waals surface area contributed by atoms with Gasteiger partial charge in [-0.15, -0.1) is 0 Å². The van der Waals surface area contributed by atoms with Crippen LogP contribution in [0, 0.1) is 0 Å². The van der Waals surface area contributed by atoms with Gasteiger partial charge in [-0.05, 0) is 0 Å². The van der Waals surface area contributed by atoms with E-state index in [1.54, 1.807) is 13.2 Å². The summed E-state index contributed by atoms with van der Waals surface area (Å²) in [6.07, 6.45) is 2.06. The number of benzene rings is 4. The van der Waals surface area contributed by atoms with Crippen LogP contribution in [0.4, 0.5) is 0 Å². The fourth-order valence-electron chi connectivity index (χ4n) is 4.07. The minimum absolute atomic E-state index is 0.194. The molecule has 0 fully saturated rings. The number of methoxy groups -OCH3 is 1. The van der Waals surface area contributed by atoms with Crippen LogP contribution in [0.2, 0.25) is 5.32 Å². The quantitative estimate of drug-likeness (QED) is 0.234. The number of hydrogen-bond acceptors (Lipinski definition) is 4. The average Bonchev–Trinajstić information content (AvgIpc) is 2.93. The van der Waals surface area contributed by atoms with Crippen molar-refractivity contribution in [1.29, 1.82) is 0 Å². The van der Waals surface area contributed by atoms with Crippen LogP contribution in [0.1, 0.15) is 5.56 Å². The van der Waals surface area contributed by atoms with Gasteiger partial charge in [0, 0.05) is 0 Å². The van der Waals surface area contributed by atoms with Crippen LogP contribution in [0.25, 0.3) is 28.0 Å². The molecule has 179 valence electrons. The summed E-state index contributed by atoms with van der Waals surface area (Å²) in [5, 5.41) is 11.8. The summed E-state index contributed by atoms with van der Waals surface area (Å²) < 4.78 is 7.95. The molecule has 1 radical (unpaired) electrons. The van der Waals surface area contributed by atoms with E-state index in [2.05, 4.69) is 28.2 Å². The Hall–Kier alpha value is -4.12. The third kappa shape index (κ3) is 4.96. The molecule has 36 heavy (non-hydrogen) atoms. The van der Waals surface area contributed by atoms with Gasteiger partial charge in [0.25, 0.3) is 0 Å². The van der Waals surface area contributed by atoms with Gasteiger partial charge < -0.3 is 0 Å². The number of para-hydroxylation sites is 1. The summed E-state index contributed by atoms with van der Waals surface area (Å²) in [4.78, 5) is 20.5. The van der Waals surface area contributed by atoms with Crippen LogP contribution < -0.4 is 14.5 Å². The first-order valence-corrected chi connectivity index (χ1v) is 14.4. The zero-order valence-electron chi connectivity index (χ0n) is 19.7. The number of phenols is 1. The Balaban J connectivity index is 1.50. The van der Waals surface area contributed by atoms with Crippen molar-refractivity contribution in [3.8, 4) is 17.1 Å². The van der Waals surface area contributed by atoms with Gasteiger partial charge in [0.15, 0.2) is 0 Å². The molecule has 5 rings (SSSR count). The summed E-state index contributed by atoms with van der Waals surface area (Å²) in [5.41, 5.74) is 2.10. The molecule has 5 nitrogen and oxygen atoms in total. The summed E-state index contributed by atoms with van der Waals surface area (Å²) in [5.74, 6) is 1.54. The van der Waals surface area contributed by atoms with Gasteiger partial charge in [-0.3, -0.25) is 0 Å². The maximum atomic E-state index is 12.9. The van der Waals surface area contributed by atoms with E-state index >= 15 is 0 Å². The van der Waals surface area contributed by atoms with Gasteiger partial charge >= 0.3 is 208 Å². The van der Waals surface area contributed by atoms with Crippen LogP contribution in [0.15, 0.2) is 114 Å². The number of fused-ring (bicyclic) bond motifs is 1. The van der Waals surface area contributed by atoms with E-state index in [0.717, 1.165) is 20.9 Å². The fourth-order valence-corrected chi connectivity index (χ4v) is 8.25. The molecule has 0 unspecified atom stereocenters. The summed E-state index contributed by atoms with van der Waals surface area (Å²) in [6.45, 7) is 0. The normalized spacial score (nSPS) is 11.7. The van der Waals surface area contributed by atoms with Gasteiger partial charge in [0.1, 0.15) is 0 Å². The van der Waals surface area contributed by atoms with E-state index in [-0.39, 0.29) is 5.56 Å². The molecular formula is C30H25N2O3Se. The van der Waals surface area contributed by atoms with Crippen molar-refractivity contribution in [2.24, 2.45) is 0 Å². The predicted octanol–water partition coefficient (Wildman–Crippen LogP) is 4.59. The Labute approximate surface area is 213 Å². The standard InChI is InChI=1S/C30H25N2O3Se/c1-35-27(18-19-36(23-12-6-3-7-13-23)28-15-9-8-14-26(28)33)22-16-17-25-24(20-22)30(34)32-29(31-25)21-10-4-2-5-11-21/h2-18,20,33H,19H2,1H3,(H,31,32,34)/b27-18-. The van der Waals surface area contributed by atoms with Crippen LogP contribution >= 0.6 is 0 Å². The SMILES string of the molecule is CO/C(=C\C[Se](c1ccccc1)c1ccccc1O)c1ccc2nc(-c3ccccc3)[nH]c(=O)c2c1. The zero-order chi connectivity index (χ0) is 24.9. The van der Waals surface area contributed by atoms with Crippen molar-refractivity contribution in [2.75, 3.05) is 7.11 Å². The molecule has 4 aromatic carbocycles. The topological polar surface area (TPSA) is 75.2 Å². The summed E-state index contributed by atoms with van der Waals surface area (Å²) in [7, 11) is 1.63. The first kappa shape index (κ1) is 23.6. The molecule has 0 aliphatic rings. The zero-order valence-corrected chi connectivity index (χ0v) is 21.4. The molecule has 0 aliphatic heterocycles. The number of nitrogens with zero attached hydrogens (tertiary/aromatic N) is 1. The molecule has 0 spiro atoms. The van der Waals surface area contributed by atoms with Crippen molar-refractivity contribution in [2.45, 2.75) is 5.32 Å². The van der Waals surface area contributed by atoms with E-state index in [1.165, 1.54) is 4.46 Å². The second-order valence-electron chi connectivity index (χ2n) is 8.12. The molecule has 0 saturated carbocycles. The number of hydrogen-bond donors (Lipinski definition) is 2. The van der Waals surface area contributed by atoms with Gasteiger partial charge in [-0.25, -0.2) is 0 Å². The molecule has 0 atom stereocenters. The van der Waals surface area contributed by atoms with Gasteiger partial charge in [-0.1, -0.05) is 6.07 Å². The fraction of sp³-hybridized carbons (Fsp3) is 0.0667. The molecule has 2 N–H and O–H groups in total. The first-order chi connectivity index (χ1) is 17.6. The molecule has 0 saturated heterocycles. The van der Waals surface area contributed by atoms with Gasteiger partial charge in [0.2, 0.25) is 0 Å². The Kier molecular flexibility index (Phi) is 6.99. The predicted molar refractivity (Wildman–Crippen MR) is 147 cm³/mol. The molecule has 1 heterocycles. The number of phenolic OH excluding ortho intramolecular Hbond substituents is 1. The van der Waals surface area contributed by atoms with Crippen LogP contribution in [-0.2, 0) is 4.74 Å².